The molecule has 0 unspecified atom stereocenters. The van der Waals surface area contributed by atoms with E-state index in [9.17, 15) is 9.59 Å². The highest BCUT2D eigenvalue weighted by Crippen LogP contribution is 2.23. The fourth-order valence-electron chi connectivity index (χ4n) is 1.71. The van der Waals surface area contributed by atoms with E-state index in [1.807, 2.05) is 24.3 Å². The molecule has 1 aromatic carbocycles. The van der Waals surface area contributed by atoms with Gasteiger partial charge in [-0.05, 0) is 23.1 Å². The van der Waals surface area contributed by atoms with Gasteiger partial charge in [0.15, 0.2) is 12.3 Å². The first-order chi connectivity index (χ1) is 10.4. The third kappa shape index (κ3) is 4.36. The van der Waals surface area contributed by atoms with Crippen molar-refractivity contribution in [3.05, 3.63) is 41.7 Å². The zero-order valence-electron chi connectivity index (χ0n) is 12.6. The molecule has 7 heteroatoms. The van der Waals surface area contributed by atoms with Crippen LogP contribution in [0.5, 0.6) is 0 Å². The summed E-state index contributed by atoms with van der Waals surface area (Å²) in [6, 6.07) is 7.57. The van der Waals surface area contributed by atoms with Gasteiger partial charge in [-0.25, -0.2) is 4.79 Å². The number of ether oxygens (including phenoxy) is 1. The van der Waals surface area contributed by atoms with Crippen molar-refractivity contribution >= 4 is 29.3 Å². The molecule has 0 aliphatic carbocycles. The number of hydrogen-bond acceptors (Lipinski definition) is 6. The number of nitrogens with one attached hydrogen (secondary N) is 1. The Morgan fingerprint density at radius 2 is 1.91 bits per heavy atom. The Kier molecular flexibility index (Phi) is 4.87. The lowest BCUT2D eigenvalue weighted by molar-refractivity contribution is -0.119. The van der Waals surface area contributed by atoms with Gasteiger partial charge in [0, 0.05) is 5.69 Å². The molecule has 0 saturated carbocycles. The highest BCUT2D eigenvalue weighted by Gasteiger charge is 2.14. The van der Waals surface area contributed by atoms with Crippen LogP contribution in [0.25, 0.3) is 0 Å². The van der Waals surface area contributed by atoms with Crippen LogP contribution in [0.1, 0.15) is 36.8 Å². The summed E-state index contributed by atoms with van der Waals surface area (Å²) in [7, 11) is 0. The average molecular weight is 319 g/mol. The molecular formula is C15H17N3O3S. The summed E-state index contributed by atoms with van der Waals surface area (Å²) in [4.78, 5) is 23.3. The number of aromatic nitrogens is 2. The molecule has 0 atom stereocenters. The van der Waals surface area contributed by atoms with Crippen LogP contribution in [0.15, 0.2) is 30.5 Å². The number of esters is 1. The Morgan fingerprint density at radius 1 is 1.23 bits per heavy atom. The fourth-order valence-corrected chi connectivity index (χ4v) is 2.11. The minimum atomic E-state index is -0.660. The Morgan fingerprint density at radius 3 is 2.45 bits per heavy atom. The van der Waals surface area contributed by atoms with Crippen molar-refractivity contribution in [2.45, 2.75) is 26.2 Å². The minimum absolute atomic E-state index is 0.0552. The lowest BCUT2D eigenvalue weighted by Gasteiger charge is -2.19. The highest BCUT2D eigenvalue weighted by atomic mass is 32.1. The second-order valence-electron chi connectivity index (χ2n) is 5.74. The van der Waals surface area contributed by atoms with Crippen LogP contribution < -0.4 is 5.32 Å². The van der Waals surface area contributed by atoms with Crippen LogP contribution in [0.4, 0.5) is 5.69 Å². The molecule has 116 valence electrons. The first-order valence-electron chi connectivity index (χ1n) is 6.71. The number of nitrogens with zero attached hydrogens (tertiary/aromatic N) is 2. The molecule has 0 saturated heterocycles. The second-order valence-corrected chi connectivity index (χ2v) is 6.30. The maximum atomic E-state index is 11.7. The Balaban J connectivity index is 1.86. The van der Waals surface area contributed by atoms with Gasteiger partial charge in [-0.3, -0.25) is 4.79 Å². The zero-order valence-corrected chi connectivity index (χ0v) is 13.4. The van der Waals surface area contributed by atoms with E-state index in [-0.39, 0.29) is 17.7 Å². The van der Waals surface area contributed by atoms with Crippen LogP contribution in [0.2, 0.25) is 0 Å². The zero-order chi connectivity index (χ0) is 16.2. The van der Waals surface area contributed by atoms with Gasteiger partial charge in [-0.1, -0.05) is 32.9 Å². The molecule has 2 rings (SSSR count). The number of rotatable bonds is 4. The van der Waals surface area contributed by atoms with E-state index >= 15 is 0 Å². The molecule has 6 nitrogen and oxygen atoms in total. The molecule has 0 bridgehead atoms. The van der Waals surface area contributed by atoms with Gasteiger partial charge in [0.25, 0.3) is 5.91 Å². The summed E-state index contributed by atoms with van der Waals surface area (Å²) >= 11 is 0.907. The molecule has 1 aromatic heterocycles. The molecule has 0 spiro atoms. The smallest absolute Gasteiger partial charge is 0.360 e. The maximum absolute atomic E-state index is 11.7. The molecule has 1 N–H and O–H groups in total. The van der Waals surface area contributed by atoms with Crippen LogP contribution in [-0.4, -0.2) is 27.2 Å². The molecule has 2 aromatic rings. The van der Waals surface area contributed by atoms with E-state index in [4.69, 9.17) is 4.74 Å². The summed E-state index contributed by atoms with van der Waals surface area (Å²) in [5.74, 6) is -1.06. The predicted molar refractivity (Wildman–Crippen MR) is 84.0 cm³/mol. The summed E-state index contributed by atoms with van der Waals surface area (Å²) < 4.78 is 12.3. The van der Waals surface area contributed by atoms with Crippen LogP contribution in [0, 0.1) is 0 Å². The molecule has 1 amide bonds. The standard InChI is InChI=1S/C15H17N3O3S/c1-15(2,3)10-4-6-11(7-5-10)17-13(19)9-21-14(20)12-8-16-22-18-12/h4-8H,9H2,1-3H3,(H,17,19). The average Bonchev–Trinajstić information content (AvgIpc) is 2.98. The monoisotopic (exact) mass is 319 g/mol. The predicted octanol–water partition coefficient (Wildman–Crippen LogP) is 2.63. The third-order valence-electron chi connectivity index (χ3n) is 2.94. The second kappa shape index (κ2) is 6.65. The van der Waals surface area contributed by atoms with Crippen LogP contribution in [0.3, 0.4) is 0 Å². The van der Waals surface area contributed by atoms with Crippen molar-refractivity contribution < 1.29 is 14.3 Å². The van der Waals surface area contributed by atoms with E-state index in [0.717, 1.165) is 11.7 Å². The summed E-state index contributed by atoms with van der Waals surface area (Å²) in [6.07, 6.45) is 1.30. The van der Waals surface area contributed by atoms with Gasteiger partial charge < -0.3 is 10.1 Å². The van der Waals surface area contributed by atoms with E-state index in [1.54, 1.807) is 0 Å². The molecular weight excluding hydrogens is 302 g/mol. The van der Waals surface area contributed by atoms with Crippen molar-refractivity contribution in [2.75, 3.05) is 11.9 Å². The van der Waals surface area contributed by atoms with Gasteiger partial charge in [0.2, 0.25) is 0 Å². The normalized spacial score (nSPS) is 11.0. The van der Waals surface area contributed by atoms with Crippen molar-refractivity contribution in [2.24, 2.45) is 0 Å². The first-order valence-corrected chi connectivity index (χ1v) is 7.44. The van der Waals surface area contributed by atoms with Gasteiger partial charge in [-0.2, -0.15) is 8.75 Å². The topological polar surface area (TPSA) is 81.2 Å². The Hall–Kier alpha value is -2.28. The fraction of sp³-hybridized carbons (Fsp3) is 0.333. The van der Waals surface area contributed by atoms with E-state index in [1.165, 1.54) is 11.8 Å². The van der Waals surface area contributed by atoms with Gasteiger partial charge in [-0.15, -0.1) is 0 Å². The molecule has 0 aliphatic heterocycles. The van der Waals surface area contributed by atoms with Crippen molar-refractivity contribution in [1.82, 2.24) is 8.75 Å². The van der Waals surface area contributed by atoms with E-state index in [0.29, 0.717) is 5.69 Å². The van der Waals surface area contributed by atoms with Crippen molar-refractivity contribution in [3.8, 4) is 0 Å². The number of hydrogen-bond donors (Lipinski definition) is 1. The molecule has 1 heterocycles. The number of amides is 1. The summed E-state index contributed by atoms with van der Waals surface area (Å²) in [5.41, 5.74) is 1.99. The molecule has 22 heavy (non-hydrogen) atoms. The van der Waals surface area contributed by atoms with Gasteiger partial charge >= 0.3 is 5.97 Å². The third-order valence-corrected chi connectivity index (χ3v) is 3.42. The minimum Gasteiger partial charge on any atom is -0.451 e. The SMILES string of the molecule is CC(C)(C)c1ccc(NC(=O)COC(=O)c2cnsn2)cc1. The maximum Gasteiger partial charge on any atom is 0.360 e. The lowest BCUT2D eigenvalue weighted by Crippen LogP contribution is -2.21. The molecule has 0 radical (unpaired) electrons. The summed E-state index contributed by atoms with van der Waals surface area (Å²) in [5, 5.41) is 2.67. The van der Waals surface area contributed by atoms with Crippen LogP contribution >= 0.6 is 11.7 Å². The number of anilines is 1. The van der Waals surface area contributed by atoms with Crippen LogP contribution in [-0.2, 0) is 14.9 Å². The van der Waals surface area contributed by atoms with E-state index in [2.05, 4.69) is 34.8 Å². The lowest BCUT2D eigenvalue weighted by atomic mass is 9.87. The van der Waals surface area contributed by atoms with Crippen molar-refractivity contribution in [1.29, 1.82) is 0 Å². The highest BCUT2D eigenvalue weighted by molar-refractivity contribution is 6.99. The van der Waals surface area contributed by atoms with E-state index < -0.39 is 11.9 Å². The Bertz CT molecular complexity index is 646. The number of carbonyl (C=O) groups is 2. The number of benzene rings is 1. The Labute approximate surface area is 132 Å². The van der Waals surface area contributed by atoms with Gasteiger partial charge in [0.1, 0.15) is 0 Å². The first kappa shape index (κ1) is 16.1. The summed E-state index contributed by atoms with van der Waals surface area (Å²) in [6.45, 7) is 5.99. The number of carbonyl (C=O) groups excluding carboxylic acids is 2. The largest absolute Gasteiger partial charge is 0.451 e. The molecule has 0 fully saturated rings. The quantitative estimate of drug-likeness (QED) is 0.876. The van der Waals surface area contributed by atoms with Crippen molar-refractivity contribution in [3.63, 3.8) is 0 Å². The molecule has 0 aliphatic rings. The van der Waals surface area contributed by atoms with Gasteiger partial charge in [0.05, 0.1) is 17.9 Å².